The fraction of sp³-hybridized carbons (Fsp3) is 0.474. The van der Waals surface area contributed by atoms with Crippen molar-refractivity contribution in [3.05, 3.63) is 34.1 Å². The van der Waals surface area contributed by atoms with E-state index < -0.39 is 40.4 Å². The summed E-state index contributed by atoms with van der Waals surface area (Å²) in [6.45, 7) is 3.52. The van der Waals surface area contributed by atoms with Gasteiger partial charge in [-0.2, -0.15) is 15.8 Å². The van der Waals surface area contributed by atoms with Gasteiger partial charge in [-0.1, -0.05) is 19.4 Å². The number of rotatable bonds is 3. The summed E-state index contributed by atoms with van der Waals surface area (Å²) in [7, 11) is 0. The Hall–Kier alpha value is -2.47. The molecule has 27 heavy (non-hydrogen) atoms. The van der Waals surface area contributed by atoms with Gasteiger partial charge in [0.05, 0.1) is 28.6 Å². The number of hydrogen-bond acceptors (Lipinski definition) is 6. The number of nitrogens with zero attached hydrogens (tertiary/aromatic N) is 3. The summed E-state index contributed by atoms with van der Waals surface area (Å²) in [5, 5.41) is 38.6. The molecule has 0 radical (unpaired) electrons. The zero-order valence-corrected chi connectivity index (χ0v) is 16.3. The van der Waals surface area contributed by atoms with Crippen LogP contribution in [0.2, 0.25) is 0 Å². The molecule has 2 saturated heterocycles. The first-order valence-electron chi connectivity index (χ1n) is 8.40. The molecule has 2 heterocycles. The second-order valence-corrected chi connectivity index (χ2v) is 7.77. The third-order valence-electron chi connectivity index (χ3n) is 5.54. The Morgan fingerprint density at radius 3 is 2.44 bits per heavy atom. The summed E-state index contributed by atoms with van der Waals surface area (Å²) in [6.07, 6.45) is -0.0918. The molecule has 6 nitrogen and oxygen atoms in total. The highest BCUT2D eigenvalue weighted by atomic mass is 79.9. The number of nitriles is 3. The molecule has 2 bridgehead atoms. The van der Waals surface area contributed by atoms with Gasteiger partial charge in [-0.3, -0.25) is 5.41 Å². The van der Waals surface area contributed by atoms with Crippen molar-refractivity contribution in [1.29, 1.82) is 21.2 Å². The first-order valence-corrected chi connectivity index (χ1v) is 9.20. The van der Waals surface area contributed by atoms with Gasteiger partial charge in [0.2, 0.25) is 17.1 Å². The van der Waals surface area contributed by atoms with Crippen LogP contribution >= 0.6 is 15.9 Å². The largest absolute Gasteiger partial charge is 0.448 e. The van der Waals surface area contributed by atoms with E-state index in [1.165, 1.54) is 18.2 Å². The molecule has 1 aromatic carbocycles. The molecule has 2 aliphatic rings. The van der Waals surface area contributed by atoms with Gasteiger partial charge in [0.25, 0.3) is 0 Å². The highest BCUT2D eigenvalue weighted by Gasteiger charge is 2.79. The summed E-state index contributed by atoms with van der Waals surface area (Å²) >= 11 is 3.10. The fourth-order valence-corrected chi connectivity index (χ4v) is 4.69. The van der Waals surface area contributed by atoms with E-state index in [2.05, 4.69) is 22.0 Å². The SMILES string of the molecule is CCCC1C2(C)OC(=N)C1(C#N)C(C#N)(C#N)C(c1ccc(F)c(Br)c1)O2. The van der Waals surface area contributed by atoms with Crippen molar-refractivity contribution in [2.75, 3.05) is 0 Å². The van der Waals surface area contributed by atoms with Crippen LogP contribution in [0.25, 0.3) is 0 Å². The lowest BCUT2D eigenvalue weighted by molar-refractivity contribution is -0.274. The first kappa shape index (κ1) is 19.3. The first-order chi connectivity index (χ1) is 12.8. The Morgan fingerprint density at radius 1 is 1.26 bits per heavy atom. The van der Waals surface area contributed by atoms with E-state index in [0.29, 0.717) is 18.4 Å². The molecule has 0 aromatic heterocycles. The highest BCUT2D eigenvalue weighted by Crippen LogP contribution is 2.67. The smallest absolute Gasteiger partial charge is 0.214 e. The van der Waals surface area contributed by atoms with Gasteiger partial charge >= 0.3 is 0 Å². The molecule has 4 unspecified atom stereocenters. The van der Waals surface area contributed by atoms with E-state index in [1.807, 2.05) is 19.1 Å². The topological polar surface area (TPSA) is 114 Å². The molecule has 0 aliphatic carbocycles. The predicted molar refractivity (Wildman–Crippen MR) is 95.2 cm³/mol. The molecule has 4 atom stereocenters. The number of ether oxygens (including phenoxy) is 2. The van der Waals surface area contributed by atoms with Crippen LogP contribution in [0.1, 0.15) is 38.4 Å². The van der Waals surface area contributed by atoms with Crippen molar-refractivity contribution in [3.63, 3.8) is 0 Å². The minimum atomic E-state index is -2.02. The molecule has 3 rings (SSSR count). The van der Waals surface area contributed by atoms with E-state index >= 15 is 0 Å². The van der Waals surface area contributed by atoms with Gasteiger partial charge in [-0.15, -0.1) is 0 Å². The molecule has 2 aliphatic heterocycles. The summed E-state index contributed by atoms with van der Waals surface area (Å²) in [6, 6.07) is 10.0. The van der Waals surface area contributed by atoms with E-state index in [1.54, 1.807) is 6.92 Å². The second-order valence-electron chi connectivity index (χ2n) is 6.91. The van der Waals surface area contributed by atoms with Crippen LogP contribution in [-0.2, 0) is 9.47 Å². The number of fused-ring (bicyclic) bond motifs is 2. The maximum Gasteiger partial charge on any atom is 0.214 e. The minimum Gasteiger partial charge on any atom is -0.448 e. The molecule has 1 aromatic rings. The predicted octanol–water partition coefficient (Wildman–Crippen LogP) is 4.34. The minimum absolute atomic E-state index is 0.142. The number of nitrogens with one attached hydrogen (secondary N) is 1. The van der Waals surface area contributed by atoms with Gasteiger partial charge in [0.1, 0.15) is 11.9 Å². The van der Waals surface area contributed by atoms with Crippen LogP contribution in [0, 0.1) is 62.0 Å². The number of benzene rings is 1. The fourth-order valence-electron chi connectivity index (χ4n) is 4.29. The van der Waals surface area contributed by atoms with Gasteiger partial charge in [-0.25, -0.2) is 4.39 Å². The maximum absolute atomic E-state index is 13.7. The van der Waals surface area contributed by atoms with Crippen LogP contribution < -0.4 is 0 Å². The molecule has 1 N–H and O–H groups in total. The van der Waals surface area contributed by atoms with Gasteiger partial charge in [-0.05, 0) is 40.0 Å². The Labute approximate surface area is 164 Å². The van der Waals surface area contributed by atoms with Crippen molar-refractivity contribution in [3.8, 4) is 18.2 Å². The van der Waals surface area contributed by atoms with E-state index in [4.69, 9.17) is 14.9 Å². The number of hydrogen-bond donors (Lipinski definition) is 1. The van der Waals surface area contributed by atoms with E-state index in [9.17, 15) is 20.2 Å². The normalized spacial score (nSPS) is 33.4. The maximum atomic E-state index is 13.7. The summed E-state index contributed by atoms with van der Waals surface area (Å²) < 4.78 is 25.6. The Bertz CT molecular complexity index is 932. The molecule has 138 valence electrons. The lowest BCUT2D eigenvalue weighted by Gasteiger charge is -2.48. The van der Waals surface area contributed by atoms with Crippen molar-refractivity contribution in [2.24, 2.45) is 16.7 Å². The molecular weight excluding hydrogens is 415 g/mol. The Morgan fingerprint density at radius 2 is 1.93 bits per heavy atom. The van der Waals surface area contributed by atoms with Crippen LogP contribution in [0.3, 0.4) is 0 Å². The summed E-state index contributed by atoms with van der Waals surface area (Å²) in [5.74, 6) is -2.94. The summed E-state index contributed by atoms with van der Waals surface area (Å²) in [5.41, 5.74) is -3.46. The molecule has 0 saturated carbocycles. The lowest BCUT2D eigenvalue weighted by Crippen LogP contribution is -2.58. The van der Waals surface area contributed by atoms with E-state index in [0.717, 1.165) is 0 Å². The van der Waals surface area contributed by atoms with Crippen LogP contribution in [0.4, 0.5) is 4.39 Å². The van der Waals surface area contributed by atoms with Crippen molar-refractivity contribution in [1.82, 2.24) is 0 Å². The monoisotopic (exact) mass is 430 g/mol. The average Bonchev–Trinajstić information content (AvgIpc) is 2.81. The second kappa shape index (κ2) is 6.30. The Kier molecular flexibility index (Phi) is 4.50. The summed E-state index contributed by atoms with van der Waals surface area (Å²) in [4.78, 5) is 0. The van der Waals surface area contributed by atoms with Crippen molar-refractivity contribution in [2.45, 2.75) is 38.6 Å². The number of halogens is 2. The standard InChI is InChI=1S/C19H16BrFN4O2/c1-3-4-14-17(2)26-15(11-5-6-13(21)12(20)7-11)18(8-22,9-23)19(14,10-24)16(25)27-17/h5-7,14-15,25H,3-4H2,1-2H3. The molecule has 8 heteroatoms. The van der Waals surface area contributed by atoms with E-state index in [-0.39, 0.29) is 4.47 Å². The van der Waals surface area contributed by atoms with Crippen molar-refractivity contribution < 1.29 is 13.9 Å². The molecule has 2 fully saturated rings. The van der Waals surface area contributed by atoms with Crippen molar-refractivity contribution >= 4 is 21.8 Å². The zero-order chi connectivity index (χ0) is 20.0. The molecule has 0 amide bonds. The third-order valence-corrected chi connectivity index (χ3v) is 6.15. The average molecular weight is 431 g/mol. The molecule has 0 spiro atoms. The van der Waals surface area contributed by atoms with Gasteiger partial charge < -0.3 is 9.47 Å². The zero-order valence-electron chi connectivity index (χ0n) is 14.7. The van der Waals surface area contributed by atoms with Crippen LogP contribution in [-0.4, -0.2) is 11.7 Å². The third kappa shape index (κ3) is 2.26. The van der Waals surface area contributed by atoms with Crippen LogP contribution in [0.5, 0.6) is 0 Å². The quantitative estimate of drug-likeness (QED) is 0.765. The highest BCUT2D eigenvalue weighted by molar-refractivity contribution is 9.10. The Balaban J connectivity index is 2.32. The van der Waals surface area contributed by atoms with Crippen LogP contribution in [0.15, 0.2) is 22.7 Å². The lowest BCUT2D eigenvalue weighted by atomic mass is 9.53. The van der Waals surface area contributed by atoms with Gasteiger partial charge in [0, 0.05) is 6.92 Å². The molecular formula is C19H16BrFN4O2. The van der Waals surface area contributed by atoms with Gasteiger partial charge in [0.15, 0.2) is 5.41 Å².